The summed E-state index contributed by atoms with van der Waals surface area (Å²) in [7, 11) is 3.98. The molecule has 0 spiro atoms. The summed E-state index contributed by atoms with van der Waals surface area (Å²) in [5.41, 5.74) is 0. The fourth-order valence-corrected chi connectivity index (χ4v) is 1.60. The largest absolute Gasteiger partial charge is 0.379 e. The molecule has 0 atom stereocenters. The average Bonchev–Trinajstić information content (AvgIpc) is 2.48. The topological polar surface area (TPSA) is 15.7 Å². The molecule has 122 valence electrons. The van der Waals surface area contributed by atoms with Gasteiger partial charge in [-0.3, -0.25) is 0 Å². The number of nitrogens with zero attached hydrogens (tertiary/aromatic N) is 2. The van der Waals surface area contributed by atoms with Crippen LogP contribution >= 0.6 is 0 Å². The number of likely N-dealkylation sites (tertiary alicyclic amines) is 1. The highest BCUT2D eigenvalue weighted by atomic mass is 19.3. The van der Waals surface area contributed by atoms with E-state index in [1.165, 1.54) is 0 Å². The molecule has 0 saturated carbocycles. The SMILES string of the molecule is C=C.CC.CN1CCC(F)(F)CC1.CN1CCOCC1. The van der Waals surface area contributed by atoms with Gasteiger partial charge in [-0.1, -0.05) is 13.8 Å². The van der Waals surface area contributed by atoms with Crippen LogP contribution in [0.2, 0.25) is 0 Å². The Balaban J connectivity index is 0. The lowest BCUT2D eigenvalue weighted by molar-refractivity contribution is -0.0504. The van der Waals surface area contributed by atoms with Crippen LogP contribution < -0.4 is 0 Å². The van der Waals surface area contributed by atoms with E-state index in [1.807, 2.05) is 25.8 Å². The molecule has 2 saturated heterocycles. The van der Waals surface area contributed by atoms with Crippen LogP contribution in [0.3, 0.4) is 0 Å². The molecule has 0 unspecified atom stereocenters. The lowest BCUT2D eigenvalue weighted by Crippen LogP contribution is -2.36. The van der Waals surface area contributed by atoms with E-state index in [2.05, 4.69) is 25.1 Å². The highest BCUT2D eigenvalue weighted by molar-refractivity contribution is 4.75. The molecule has 2 aliphatic rings. The van der Waals surface area contributed by atoms with Gasteiger partial charge in [-0.05, 0) is 14.1 Å². The molecule has 0 N–H and O–H groups in total. The van der Waals surface area contributed by atoms with Crippen LogP contribution in [0.25, 0.3) is 0 Å². The second kappa shape index (κ2) is 13.5. The summed E-state index contributed by atoms with van der Waals surface area (Å²) >= 11 is 0. The third-order valence-corrected chi connectivity index (χ3v) is 2.95. The summed E-state index contributed by atoms with van der Waals surface area (Å²) in [6.07, 6.45) is 0.0625. The lowest BCUT2D eigenvalue weighted by Gasteiger charge is -2.28. The Morgan fingerprint density at radius 1 is 0.850 bits per heavy atom. The maximum Gasteiger partial charge on any atom is 0.250 e. The first kappa shape index (κ1) is 21.8. The van der Waals surface area contributed by atoms with E-state index >= 15 is 0 Å². The van der Waals surface area contributed by atoms with Crippen molar-refractivity contribution in [1.82, 2.24) is 9.80 Å². The number of morpholine rings is 1. The van der Waals surface area contributed by atoms with Crippen molar-refractivity contribution in [2.45, 2.75) is 32.6 Å². The zero-order valence-corrected chi connectivity index (χ0v) is 13.6. The maximum atomic E-state index is 12.4. The Labute approximate surface area is 123 Å². The number of hydrogen-bond donors (Lipinski definition) is 0. The quantitative estimate of drug-likeness (QED) is 0.638. The van der Waals surface area contributed by atoms with Crippen molar-refractivity contribution in [1.29, 1.82) is 0 Å². The van der Waals surface area contributed by atoms with Gasteiger partial charge in [0.15, 0.2) is 0 Å². The van der Waals surface area contributed by atoms with Gasteiger partial charge in [0.1, 0.15) is 0 Å². The minimum Gasteiger partial charge on any atom is -0.379 e. The van der Waals surface area contributed by atoms with Crippen molar-refractivity contribution < 1.29 is 13.5 Å². The molecule has 0 aromatic carbocycles. The number of piperidine rings is 1. The number of rotatable bonds is 0. The van der Waals surface area contributed by atoms with E-state index in [-0.39, 0.29) is 12.8 Å². The van der Waals surface area contributed by atoms with Gasteiger partial charge < -0.3 is 14.5 Å². The Morgan fingerprint density at radius 2 is 1.20 bits per heavy atom. The number of hydrogen-bond acceptors (Lipinski definition) is 3. The number of likely N-dealkylation sites (N-methyl/N-ethyl adjacent to an activating group) is 1. The highest BCUT2D eigenvalue weighted by Gasteiger charge is 2.32. The molecular formula is C15H32F2N2O. The lowest BCUT2D eigenvalue weighted by atomic mass is 10.1. The predicted octanol–water partition coefficient (Wildman–Crippen LogP) is 3.12. The summed E-state index contributed by atoms with van der Waals surface area (Å²) < 4.78 is 29.8. The van der Waals surface area contributed by atoms with Gasteiger partial charge in [0.05, 0.1) is 13.2 Å². The summed E-state index contributed by atoms with van der Waals surface area (Å²) in [6, 6.07) is 0. The third-order valence-electron chi connectivity index (χ3n) is 2.95. The first-order valence-corrected chi connectivity index (χ1v) is 7.32. The first-order chi connectivity index (χ1) is 9.49. The van der Waals surface area contributed by atoms with Crippen molar-refractivity contribution in [3.63, 3.8) is 0 Å². The molecule has 2 rings (SSSR count). The minimum absolute atomic E-state index is 0.0312. The summed E-state index contributed by atoms with van der Waals surface area (Å²) in [5.74, 6) is -2.38. The Hall–Kier alpha value is -0.520. The van der Waals surface area contributed by atoms with E-state index in [0.29, 0.717) is 13.1 Å². The van der Waals surface area contributed by atoms with Gasteiger partial charge in [0.25, 0.3) is 5.92 Å². The average molecular weight is 294 g/mol. The van der Waals surface area contributed by atoms with Crippen molar-refractivity contribution in [2.75, 3.05) is 53.5 Å². The molecule has 0 radical (unpaired) electrons. The van der Waals surface area contributed by atoms with E-state index in [1.54, 1.807) is 0 Å². The van der Waals surface area contributed by atoms with Crippen LogP contribution in [0.15, 0.2) is 13.2 Å². The molecule has 0 aromatic heterocycles. The first-order valence-electron chi connectivity index (χ1n) is 7.32. The normalized spacial score (nSPS) is 22.1. The Bertz CT molecular complexity index is 200. The van der Waals surface area contributed by atoms with E-state index in [4.69, 9.17) is 4.74 Å². The van der Waals surface area contributed by atoms with E-state index in [0.717, 1.165) is 26.3 Å². The number of halogens is 2. The van der Waals surface area contributed by atoms with Crippen LogP contribution in [0, 0.1) is 0 Å². The minimum atomic E-state index is -2.38. The molecule has 0 aliphatic carbocycles. The molecule has 20 heavy (non-hydrogen) atoms. The van der Waals surface area contributed by atoms with E-state index in [9.17, 15) is 8.78 Å². The van der Waals surface area contributed by atoms with Gasteiger partial charge in [0.2, 0.25) is 0 Å². The Morgan fingerprint density at radius 3 is 1.45 bits per heavy atom. The summed E-state index contributed by atoms with van der Waals surface area (Å²) in [5, 5.41) is 0. The molecule has 2 fully saturated rings. The summed E-state index contributed by atoms with van der Waals surface area (Å²) in [4.78, 5) is 4.20. The van der Waals surface area contributed by atoms with Gasteiger partial charge in [-0.25, -0.2) is 8.78 Å². The van der Waals surface area contributed by atoms with Crippen molar-refractivity contribution in [2.24, 2.45) is 0 Å². The van der Waals surface area contributed by atoms with Crippen LogP contribution in [0.5, 0.6) is 0 Å². The van der Waals surface area contributed by atoms with Gasteiger partial charge in [0, 0.05) is 39.0 Å². The molecule has 3 nitrogen and oxygen atoms in total. The smallest absolute Gasteiger partial charge is 0.250 e. The maximum absolute atomic E-state index is 12.4. The molecule has 0 amide bonds. The molecule has 0 aromatic rings. The van der Waals surface area contributed by atoms with Crippen LogP contribution in [0.1, 0.15) is 26.7 Å². The molecule has 2 aliphatic heterocycles. The van der Waals surface area contributed by atoms with Gasteiger partial charge in [-0.15, -0.1) is 13.2 Å². The second-order valence-corrected chi connectivity index (χ2v) is 4.57. The monoisotopic (exact) mass is 294 g/mol. The molecule has 0 bridgehead atoms. The van der Waals surface area contributed by atoms with Crippen molar-refractivity contribution in [3.8, 4) is 0 Å². The van der Waals surface area contributed by atoms with Gasteiger partial charge >= 0.3 is 0 Å². The second-order valence-electron chi connectivity index (χ2n) is 4.57. The fourth-order valence-electron chi connectivity index (χ4n) is 1.60. The summed E-state index contributed by atoms with van der Waals surface area (Å²) in [6.45, 7) is 15.1. The molecule has 5 heteroatoms. The van der Waals surface area contributed by atoms with Crippen LogP contribution in [-0.2, 0) is 4.74 Å². The number of alkyl halides is 2. The third kappa shape index (κ3) is 12.5. The standard InChI is InChI=1S/C6H11F2N.C5H11NO.C2H6.C2H4/c1-9-4-2-6(7,8)3-5-9;1-6-2-4-7-5-3-6;2*1-2/h2-5H2,1H3;2-5H2,1H3;1-2H3;1-2H2. The predicted molar refractivity (Wildman–Crippen MR) is 82.6 cm³/mol. The van der Waals surface area contributed by atoms with Crippen molar-refractivity contribution >= 4 is 0 Å². The molecule has 2 heterocycles. The molecular weight excluding hydrogens is 262 g/mol. The van der Waals surface area contributed by atoms with Gasteiger partial charge in [-0.2, -0.15) is 0 Å². The fraction of sp³-hybridized carbons (Fsp3) is 0.867. The van der Waals surface area contributed by atoms with E-state index < -0.39 is 5.92 Å². The number of ether oxygens (including phenoxy) is 1. The zero-order chi connectivity index (χ0) is 16.0. The zero-order valence-electron chi connectivity index (χ0n) is 13.6. The highest BCUT2D eigenvalue weighted by Crippen LogP contribution is 2.26. The van der Waals surface area contributed by atoms with Crippen molar-refractivity contribution in [3.05, 3.63) is 13.2 Å². The van der Waals surface area contributed by atoms with Crippen LogP contribution in [0.4, 0.5) is 8.78 Å². The van der Waals surface area contributed by atoms with Crippen LogP contribution in [-0.4, -0.2) is 69.2 Å². The Kier molecular flexibility index (Phi) is 14.7.